The summed E-state index contributed by atoms with van der Waals surface area (Å²) in [5.41, 5.74) is -1.49. The van der Waals surface area contributed by atoms with Gasteiger partial charge in [-0.3, -0.25) is 9.59 Å². The van der Waals surface area contributed by atoms with Crippen molar-refractivity contribution in [1.82, 2.24) is 9.80 Å². The van der Waals surface area contributed by atoms with Crippen molar-refractivity contribution in [2.24, 2.45) is 11.8 Å². The van der Waals surface area contributed by atoms with Crippen molar-refractivity contribution in [1.29, 1.82) is 0 Å². The molecule has 0 aromatic rings. The predicted octanol–water partition coefficient (Wildman–Crippen LogP) is 2.90. The van der Waals surface area contributed by atoms with E-state index in [9.17, 15) is 29.7 Å². The summed E-state index contributed by atoms with van der Waals surface area (Å²) in [5.74, 6) is -2.21. The van der Waals surface area contributed by atoms with Crippen molar-refractivity contribution in [3.8, 4) is 0 Å². The molecule has 0 aromatic heterocycles. The zero-order valence-electron chi connectivity index (χ0n) is 38.9. The molecule has 0 bridgehead atoms. The molecular formula is C45H76N2O15. The molecule has 3 fully saturated rings. The lowest BCUT2D eigenvalue weighted by Gasteiger charge is -2.50. The molecule has 4 aliphatic rings. The van der Waals surface area contributed by atoms with E-state index in [0.717, 1.165) is 12.7 Å². The van der Waals surface area contributed by atoms with Crippen molar-refractivity contribution in [3.05, 3.63) is 24.3 Å². The molecule has 356 valence electrons. The van der Waals surface area contributed by atoms with Crippen LogP contribution in [-0.2, 0) is 57.0 Å². The number of nitrogens with zero attached hydrogens (tertiary/aromatic N) is 2. The molecule has 0 spiro atoms. The van der Waals surface area contributed by atoms with E-state index in [0.29, 0.717) is 19.3 Å². The summed E-state index contributed by atoms with van der Waals surface area (Å²) in [6.07, 6.45) is -1.81. The first-order valence-corrected chi connectivity index (χ1v) is 22.2. The van der Waals surface area contributed by atoms with E-state index in [1.807, 2.05) is 52.2 Å². The molecule has 62 heavy (non-hydrogen) atoms. The Morgan fingerprint density at radius 3 is 2.19 bits per heavy atom. The Labute approximate surface area is 368 Å². The van der Waals surface area contributed by atoms with Gasteiger partial charge in [-0.05, 0) is 93.9 Å². The molecule has 0 radical (unpaired) electrons. The normalized spacial score (nSPS) is 44.0. The topological polar surface area (TPSA) is 201 Å². The summed E-state index contributed by atoms with van der Waals surface area (Å²) in [5, 5.41) is 33.6. The maximum atomic E-state index is 13.4. The van der Waals surface area contributed by atoms with Gasteiger partial charge in [0.1, 0.15) is 42.9 Å². The number of carbonyl (C=O) groups is 3. The van der Waals surface area contributed by atoms with Gasteiger partial charge in [0.25, 0.3) is 0 Å². The van der Waals surface area contributed by atoms with Gasteiger partial charge in [-0.1, -0.05) is 31.2 Å². The number of allylic oxidation sites excluding steroid dienone is 2. The molecule has 0 amide bonds. The number of cyclic esters (lactones) is 1. The van der Waals surface area contributed by atoms with Crippen LogP contribution in [-0.4, -0.2) is 182 Å². The largest absolute Gasteiger partial charge is 0.462 e. The van der Waals surface area contributed by atoms with Crippen LogP contribution in [0.1, 0.15) is 93.4 Å². The van der Waals surface area contributed by atoms with E-state index in [1.165, 1.54) is 21.0 Å². The lowest BCUT2D eigenvalue weighted by molar-refractivity contribution is -0.344. The van der Waals surface area contributed by atoms with Gasteiger partial charge in [-0.25, -0.2) is 0 Å². The number of carbonyl (C=O) groups excluding carboxylic acids is 3. The van der Waals surface area contributed by atoms with Gasteiger partial charge in [0, 0.05) is 39.3 Å². The third-order valence-corrected chi connectivity index (χ3v) is 12.7. The van der Waals surface area contributed by atoms with Gasteiger partial charge in [0.05, 0.1) is 48.6 Å². The number of hydrogen-bond acceptors (Lipinski definition) is 17. The number of aldehydes is 1. The number of methoxy groups -OCH3 is 1. The summed E-state index contributed by atoms with van der Waals surface area (Å²) in [7, 11) is 9.02. The van der Waals surface area contributed by atoms with Crippen molar-refractivity contribution >= 4 is 18.2 Å². The van der Waals surface area contributed by atoms with E-state index in [2.05, 4.69) is 4.90 Å². The Morgan fingerprint density at radius 2 is 1.60 bits per heavy atom. The van der Waals surface area contributed by atoms with E-state index < -0.39 is 109 Å². The Kier molecular flexibility index (Phi) is 20.0. The smallest absolute Gasteiger partial charge is 0.309 e. The highest BCUT2D eigenvalue weighted by atomic mass is 16.7. The molecule has 19 atom stereocenters. The minimum atomic E-state index is -1.49. The SMILES string of the molecule is CO[C@H]1[C@@H](O[C@@H]2O[C@H](C)[C@H](O[C@@H]3C[C@](C)(O)[C@H](O)[C@H](C)O3)[C@H](N(C)C)[C@H]2O)[C@@H](CC=O)C[C@@H](C)[C@@H](O[C@@H]2CC[C@H](N(C)C)[C@H](C)O2)/C=C/C=C\C[C@@H](C)OC(=O)C[C@H]1OC(C)=O. The molecule has 4 heterocycles. The molecule has 17 nitrogen and oxygen atoms in total. The second-order valence-corrected chi connectivity index (χ2v) is 18.4. The fraction of sp³-hybridized carbons (Fsp3) is 0.844. The standard InChI is InChI=1S/C45H76N2O15/c1-25-22-31(20-21-48)41(62-44-39(51)38(47(10)11)40(28(4)58-44)61-37-24-45(7,53)43(52)29(5)57-37)42(54-12)34(59-30(6)49)23-35(50)55-26(2)16-14-13-15-17-33(25)60-36-19-18-32(46(8)9)27(3)56-36/h13-15,17,21,25-29,31-34,36-44,51-53H,16,18-20,22-24H2,1-12H3/b14-13-,17-15+/t25-,26-,27+,28-,29+,31+,32+,33+,34-,36-,37-,38-,39-,40+,41+,42-,43-,44+,45+/m1/s1. The van der Waals surface area contributed by atoms with E-state index in [4.69, 9.17) is 42.6 Å². The number of aliphatic hydroxyl groups excluding tert-OH is 2. The van der Waals surface area contributed by atoms with Crippen LogP contribution >= 0.6 is 0 Å². The van der Waals surface area contributed by atoms with Crippen LogP contribution in [0.4, 0.5) is 0 Å². The molecule has 0 unspecified atom stereocenters. The van der Waals surface area contributed by atoms with Crippen LogP contribution in [0.5, 0.6) is 0 Å². The van der Waals surface area contributed by atoms with Gasteiger partial charge in [-0.2, -0.15) is 0 Å². The summed E-state index contributed by atoms with van der Waals surface area (Å²) in [6, 6.07) is -0.509. The van der Waals surface area contributed by atoms with E-state index in [-0.39, 0.29) is 37.3 Å². The average molecular weight is 885 g/mol. The molecule has 0 aromatic carbocycles. The molecule has 17 heteroatoms. The number of hydrogen-bond donors (Lipinski definition) is 3. The number of rotatable bonds is 12. The van der Waals surface area contributed by atoms with Gasteiger partial charge in [0.15, 0.2) is 18.9 Å². The van der Waals surface area contributed by atoms with Gasteiger partial charge in [-0.15, -0.1) is 0 Å². The number of likely N-dealkylation sites (N-methyl/N-ethyl adjacent to an activating group) is 2. The maximum Gasteiger partial charge on any atom is 0.309 e. The Morgan fingerprint density at radius 1 is 0.903 bits per heavy atom. The van der Waals surface area contributed by atoms with Crippen LogP contribution < -0.4 is 0 Å². The summed E-state index contributed by atoms with van der Waals surface area (Å²) < 4.78 is 56.3. The molecule has 3 N–H and O–H groups in total. The minimum absolute atomic E-state index is 0.0293. The van der Waals surface area contributed by atoms with Crippen LogP contribution in [0.15, 0.2) is 24.3 Å². The highest BCUT2D eigenvalue weighted by Crippen LogP contribution is 2.38. The second kappa shape index (κ2) is 23.7. The third-order valence-electron chi connectivity index (χ3n) is 12.7. The first-order valence-electron chi connectivity index (χ1n) is 22.2. The molecule has 4 aliphatic heterocycles. The van der Waals surface area contributed by atoms with Crippen LogP contribution in [0.3, 0.4) is 0 Å². The first kappa shape index (κ1) is 52.2. The quantitative estimate of drug-likeness (QED) is 0.191. The maximum absolute atomic E-state index is 13.4. The minimum Gasteiger partial charge on any atom is -0.462 e. The average Bonchev–Trinajstić information content (AvgIpc) is 3.16. The lowest BCUT2D eigenvalue weighted by Crippen LogP contribution is -2.65. The highest BCUT2D eigenvalue weighted by molar-refractivity contribution is 5.72. The van der Waals surface area contributed by atoms with Crippen LogP contribution in [0.25, 0.3) is 0 Å². The zero-order chi connectivity index (χ0) is 46.1. The highest BCUT2D eigenvalue weighted by Gasteiger charge is 2.52. The summed E-state index contributed by atoms with van der Waals surface area (Å²) >= 11 is 0. The van der Waals surface area contributed by atoms with Crippen molar-refractivity contribution in [2.45, 2.75) is 197 Å². The molecule has 0 saturated carbocycles. The summed E-state index contributed by atoms with van der Waals surface area (Å²) in [4.78, 5) is 42.7. The van der Waals surface area contributed by atoms with Crippen molar-refractivity contribution in [3.63, 3.8) is 0 Å². The number of esters is 2. The summed E-state index contributed by atoms with van der Waals surface area (Å²) in [6.45, 7) is 12.0. The zero-order valence-corrected chi connectivity index (χ0v) is 38.9. The number of aliphatic hydroxyl groups is 3. The van der Waals surface area contributed by atoms with Gasteiger partial charge in [0.2, 0.25) is 0 Å². The fourth-order valence-corrected chi connectivity index (χ4v) is 9.40. The van der Waals surface area contributed by atoms with E-state index >= 15 is 0 Å². The predicted molar refractivity (Wildman–Crippen MR) is 226 cm³/mol. The fourth-order valence-electron chi connectivity index (χ4n) is 9.40. The van der Waals surface area contributed by atoms with Gasteiger partial charge >= 0.3 is 11.9 Å². The van der Waals surface area contributed by atoms with Crippen LogP contribution in [0.2, 0.25) is 0 Å². The lowest BCUT2D eigenvalue weighted by atomic mass is 9.82. The third kappa shape index (κ3) is 14.1. The van der Waals surface area contributed by atoms with E-state index in [1.54, 1.807) is 39.8 Å². The van der Waals surface area contributed by atoms with Gasteiger partial charge < -0.3 is 72.5 Å². The Hall–Kier alpha value is -2.39. The Balaban J connectivity index is 1.73. The molecular weight excluding hydrogens is 808 g/mol. The van der Waals surface area contributed by atoms with Crippen molar-refractivity contribution in [2.75, 3.05) is 35.3 Å². The monoisotopic (exact) mass is 885 g/mol. The second-order valence-electron chi connectivity index (χ2n) is 18.4. The van der Waals surface area contributed by atoms with Crippen LogP contribution in [0, 0.1) is 11.8 Å². The molecule has 0 aliphatic carbocycles. The molecule has 4 rings (SSSR count). The first-order chi connectivity index (χ1) is 29.2. The Bertz CT molecular complexity index is 1480. The molecule has 3 saturated heterocycles. The van der Waals surface area contributed by atoms with Crippen molar-refractivity contribution < 1.29 is 72.3 Å². The number of ether oxygens (including phenoxy) is 9.